The largest absolute Gasteiger partial charge is 0.367 e. The number of nitrogens with zero attached hydrogens (tertiary/aromatic N) is 3. The third kappa shape index (κ3) is 5.67. The van der Waals surface area contributed by atoms with E-state index in [1.54, 1.807) is 0 Å². The number of anilines is 1. The van der Waals surface area contributed by atoms with E-state index in [0.717, 1.165) is 17.1 Å². The molecule has 0 aliphatic carbocycles. The molecule has 6 nitrogen and oxygen atoms in total. The molecule has 0 bridgehead atoms. The highest BCUT2D eigenvalue weighted by molar-refractivity contribution is 5.77. The predicted molar refractivity (Wildman–Crippen MR) is 89.0 cm³/mol. The van der Waals surface area contributed by atoms with Gasteiger partial charge >= 0.3 is 0 Å². The minimum Gasteiger partial charge on any atom is -0.367 e. The third-order valence-corrected chi connectivity index (χ3v) is 3.13. The second-order valence-corrected chi connectivity index (χ2v) is 5.43. The summed E-state index contributed by atoms with van der Waals surface area (Å²) in [5.74, 6) is 1.23. The Morgan fingerprint density at radius 1 is 1.22 bits per heavy atom. The lowest BCUT2D eigenvalue weighted by atomic mass is 10.2. The third-order valence-electron chi connectivity index (χ3n) is 3.13. The molecule has 1 heterocycles. The highest BCUT2D eigenvalue weighted by atomic mass is 16.5. The fourth-order valence-corrected chi connectivity index (χ4v) is 1.98. The first-order valence-corrected chi connectivity index (χ1v) is 7.45. The zero-order chi connectivity index (χ0) is 16.7. The number of hydrogen-bond acceptors (Lipinski definition) is 5. The quantitative estimate of drug-likeness (QED) is 0.842. The van der Waals surface area contributed by atoms with Crippen LogP contribution < -0.4 is 10.2 Å². The first-order valence-electron chi connectivity index (χ1n) is 7.45. The van der Waals surface area contributed by atoms with E-state index in [1.165, 1.54) is 0 Å². The van der Waals surface area contributed by atoms with Crippen LogP contribution in [-0.2, 0) is 22.7 Å². The number of ether oxygens (including phenoxy) is 1. The van der Waals surface area contributed by atoms with Gasteiger partial charge in [0.25, 0.3) is 0 Å². The fraction of sp³-hybridized carbons (Fsp3) is 0.353. The van der Waals surface area contributed by atoms with E-state index in [1.807, 2.05) is 62.3 Å². The Kier molecular flexibility index (Phi) is 6.05. The summed E-state index contributed by atoms with van der Waals surface area (Å²) < 4.78 is 5.39. The van der Waals surface area contributed by atoms with E-state index in [9.17, 15) is 4.79 Å². The summed E-state index contributed by atoms with van der Waals surface area (Å²) in [7, 11) is 3.84. The Balaban J connectivity index is 1.78. The van der Waals surface area contributed by atoms with Gasteiger partial charge in [0.15, 0.2) is 0 Å². The molecule has 1 aromatic heterocycles. The highest BCUT2D eigenvalue weighted by Gasteiger charge is 2.06. The minimum atomic E-state index is -0.183. The Bertz CT molecular complexity index is 644. The first kappa shape index (κ1) is 16.9. The van der Waals surface area contributed by atoms with E-state index < -0.39 is 0 Å². The van der Waals surface area contributed by atoms with Crippen molar-refractivity contribution in [1.29, 1.82) is 0 Å². The number of carbonyl (C=O) groups excluding carboxylic acids is 1. The van der Waals surface area contributed by atoms with Gasteiger partial charge < -0.3 is 15.0 Å². The molecule has 1 aromatic carbocycles. The maximum Gasteiger partial charge on any atom is 0.246 e. The summed E-state index contributed by atoms with van der Waals surface area (Å²) in [5, 5.41) is 2.77. The van der Waals surface area contributed by atoms with Gasteiger partial charge in [-0.1, -0.05) is 30.3 Å². The van der Waals surface area contributed by atoms with E-state index in [4.69, 9.17) is 4.74 Å². The van der Waals surface area contributed by atoms with Crippen LogP contribution in [-0.4, -0.2) is 36.6 Å². The van der Waals surface area contributed by atoms with Crippen molar-refractivity contribution in [2.75, 3.05) is 25.6 Å². The van der Waals surface area contributed by atoms with Crippen molar-refractivity contribution in [1.82, 2.24) is 15.3 Å². The zero-order valence-corrected chi connectivity index (χ0v) is 13.7. The van der Waals surface area contributed by atoms with Gasteiger partial charge in [-0.05, 0) is 12.5 Å². The topological polar surface area (TPSA) is 67.4 Å². The molecule has 0 saturated heterocycles. The summed E-state index contributed by atoms with van der Waals surface area (Å²) in [4.78, 5) is 22.4. The second-order valence-electron chi connectivity index (χ2n) is 5.43. The molecule has 122 valence electrons. The normalized spacial score (nSPS) is 10.4. The van der Waals surface area contributed by atoms with Gasteiger partial charge in [-0.15, -0.1) is 0 Å². The Hall–Kier alpha value is -2.47. The number of rotatable bonds is 7. The molecular weight excluding hydrogens is 292 g/mol. The smallest absolute Gasteiger partial charge is 0.246 e. The van der Waals surface area contributed by atoms with Crippen LogP contribution in [0.1, 0.15) is 17.1 Å². The number of carbonyl (C=O) groups is 1. The van der Waals surface area contributed by atoms with E-state index in [-0.39, 0.29) is 19.1 Å². The molecule has 6 heteroatoms. The molecular formula is C17H22N4O2. The molecule has 0 atom stereocenters. The molecule has 0 aliphatic heterocycles. The molecule has 23 heavy (non-hydrogen) atoms. The molecule has 0 spiro atoms. The number of aromatic nitrogens is 2. The Labute approximate surface area is 136 Å². The summed E-state index contributed by atoms with van der Waals surface area (Å²) in [5.41, 5.74) is 1.91. The van der Waals surface area contributed by atoms with Crippen molar-refractivity contribution in [2.45, 2.75) is 20.1 Å². The molecule has 1 N–H and O–H groups in total. The van der Waals surface area contributed by atoms with Gasteiger partial charge in [-0.3, -0.25) is 4.79 Å². The van der Waals surface area contributed by atoms with Crippen molar-refractivity contribution in [3.63, 3.8) is 0 Å². The van der Waals surface area contributed by atoms with E-state index >= 15 is 0 Å². The van der Waals surface area contributed by atoms with Crippen LogP contribution in [0.3, 0.4) is 0 Å². The van der Waals surface area contributed by atoms with Crippen LogP contribution in [0.4, 0.5) is 5.82 Å². The molecule has 0 aliphatic rings. The zero-order valence-electron chi connectivity index (χ0n) is 13.7. The standard InChI is InChI=1S/C17H22N4O2/c1-13-9-16(21(2)3)20-15(19-13)10-18-17(22)12-23-11-14-7-5-4-6-8-14/h4-9H,10-12H2,1-3H3,(H,18,22). The fourth-order valence-electron chi connectivity index (χ4n) is 1.98. The second kappa shape index (κ2) is 8.24. The Morgan fingerprint density at radius 3 is 2.65 bits per heavy atom. The lowest BCUT2D eigenvalue weighted by Crippen LogP contribution is -2.28. The molecule has 1 amide bonds. The van der Waals surface area contributed by atoms with Crippen molar-refractivity contribution in [3.8, 4) is 0 Å². The van der Waals surface area contributed by atoms with Crippen molar-refractivity contribution >= 4 is 11.7 Å². The van der Waals surface area contributed by atoms with E-state index in [2.05, 4.69) is 15.3 Å². The summed E-state index contributed by atoms with van der Waals surface area (Å²) in [6, 6.07) is 11.6. The lowest BCUT2D eigenvalue weighted by molar-refractivity contribution is -0.126. The SMILES string of the molecule is Cc1cc(N(C)C)nc(CNC(=O)COCc2ccccc2)n1. The summed E-state index contributed by atoms with van der Waals surface area (Å²) in [6.45, 7) is 2.63. The van der Waals surface area contributed by atoms with Gasteiger partial charge in [0.2, 0.25) is 5.91 Å². The molecule has 2 aromatic rings. The van der Waals surface area contributed by atoms with Crippen LogP contribution in [0.25, 0.3) is 0 Å². The summed E-state index contributed by atoms with van der Waals surface area (Å²) in [6.07, 6.45) is 0. The van der Waals surface area contributed by atoms with Gasteiger partial charge in [0.05, 0.1) is 13.2 Å². The molecule has 2 rings (SSSR count). The Morgan fingerprint density at radius 2 is 1.96 bits per heavy atom. The number of amides is 1. The number of nitrogens with one attached hydrogen (secondary N) is 1. The molecule has 0 radical (unpaired) electrons. The van der Waals surface area contributed by atoms with E-state index in [0.29, 0.717) is 12.4 Å². The average molecular weight is 314 g/mol. The monoisotopic (exact) mass is 314 g/mol. The molecule has 0 saturated carbocycles. The van der Waals surface area contributed by atoms with Crippen LogP contribution >= 0.6 is 0 Å². The van der Waals surface area contributed by atoms with Crippen LogP contribution in [0.15, 0.2) is 36.4 Å². The highest BCUT2D eigenvalue weighted by Crippen LogP contribution is 2.09. The van der Waals surface area contributed by atoms with Gasteiger partial charge in [0, 0.05) is 25.9 Å². The summed E-state index contributed by atoms with van der Waals surface area (Å²) >= 11 is 0. The first-order chi connectivity index (χ1) is 11.0. The minimum absolute atomic E-state index is 0.0151. The average Bonchev–Trinajstić information content (AvgIpc) is 2.53. The van der Waals surface area contributed by atoms with Crippen molar-refractivity contribution < 1.29 is 9.53 Å². The van der Waals surface area contributed by atoms with Crippen LogP contribution in [0.5, 0.6) is 0 Å². The van der Waals surface area contributed by atoms with Gasteiger partial charge in [-0.25, -0.2) is 9.97 Å². The maximum absolute atomic E-state index is 11.8. The van der Waals surface area contributed by atoms with Crippen molar-refractivity contribution in [3.05, 3.63) is 53.5 Å². The van der Waals surface area contributed by atoms with Gasteiger partial charge in [-0.2, -0.15) is 0 Å². The molecule has 0 unspecified atom stereocenters. The van der Waals surface area contributed by atoms with Crippen molar-refractivity contribution in [2.24, 2.45) is 0 Å². The molecule has 0 fully saturated rings. The number of hydrogen-bond donors (Lipinski definition) is 1. The van der Waals surface area contributed by atoms with Crippen LogP contribution in [0, 0.1) is 6.92 Å². The van der Waals surface area contributed by atoms with Gasteiger partial charge in [0.1, 0.15) is 18.2 Å². The number of aryl methyl sites for hydroxylation is 1. The van der Waals surface area contributed by atoms with Crippen LogP contribution in [0.2, 0.25) is 0 Å². The lowest BCUT2D eigenvalue weighted by Gasteiger charge is -2.13. The number of benzene rings is 1. The predicted octanol–water partition coefficient (Wildman–Crippen LogP) is 1.68. The maximum atomic E-state index is 11.8.